The Morgan fingerprint density at radius 3 is 2.58 bits per heavy atom. The van der Waals surface area contributed by atoms with Crippen LogP contribution in [-0.2, 0) is 16.6 Å². The molecule has 1 aliphatic rings. The van der Waals surface area contributed by atoms with Crippen LogP contribution >= 0.6 is 0 Å². The zero-order chi connectivity index (χ0) is 19.2. The summed E-state index contributed by atoms with van der Waals surface area (Å²) in [6.07, 6.45) is 5.08. The fourth-order valence-corrected chi connectivity index (χ4v) is 4.18. The normalized spacial score (nSPS) is 17.0. The lowest BCUT2D eigenvalue weighted by Gasteiger charge is -2.43. The van der Waals surface area contributed by atoms with Crippen LogP contribution in [0.4, 0.5) is 0 Å². The van der Waals surface area contributed by atoms with Crippen LogP contribution in [0.2, 0.25) is 0 Å². The molecule has 0 saturated heterocycles. The molecule has 0 amide bonds. The van der Waals surface area contributed by atoms with E-state index in [9.17, 15) is 8.42 Å². The van der Waals surface area contributed by atoms with Gasteiger partial charge in [0.25, 0.3) is 0 Å². The van der Waals surface area contributed by atoms with E-state index >= 15 is 0 Å². The number of hydrogen-bond donors (Lipinski definition) is 3. The van der Waals surface area contributed by atoms with E-state index in [1.54, 1.807) is 12.1 Å². The van der Waals surface area contributed by atoms with Gasteiger partial charge in [-0.2, -0.15) is 0 Å². The van der Waals surface area contributed by atoms with E-state index in [1.165, 1.54) is 31.7 Å². The number of nitrogens with one attached hydrogen (secondary N) is 2. The maximum atomic E-state index is 11.5. The Kier molecular flexibility index (Phi) is 7.06. The van der Waals surface area contributed by atoms with Crippen LogP contribution in [0.3, 0.4) is 0 Å². The molecular weight excluding hydrogens is 348 g/mol. The average molecular weight is 381 g/mol. The molecule has 2 rings (SSSR count). The molecule has 0 unspecified atom stereocenters. The summed E-state index contributed by atoms with van der Waals surface area (Å²) in [5.41, 5.74) is 1.20. The van der Waals surface area contributed by atoms with Crippen molar-refractivity contribution in [3.63, 3.8) is 0 Å². The van der Waals surface area contributed by atoms with Gasteiger partial charge in [-0.1, -0.05) is 32.4 Å². The minimum Gasteiger partial charge on any atom is -0.357 e. The monoisotopic (exact) mass is 380 g/mol. The van der Waals surface area contributed by atoms with Gasteiger partial charge in [-0.25, -0.2) is 18.5 Å². The molecule has 0 spiro atoms. The van der Waals surface area contributed by atoms with E-state index in [4.69, 9.17) is 5.14 Å². The standard InChI is InChI=1S/C19H32N4O2S/c1-4-21-18(23-14-19(9-6-10-19)12-15(2)3)22-13-16-7-5-8-17(11-16)26(20,24)25/h5,7-8,11,15H,4,6,9-10,12-14H2,1-3H3,(H2,20,24,25)(H2,21,22,23). The highest BCUT2D eigenvalue weighted by atomic mass is 32.2. The van der Waals surface area contributed by atoms with Crippen molar-refractivity contribution in [2.24, 2.45) is 21.5 Å². The average Bonchev–Trinajstić information content (AvgIpc) is 2.53. The minimum absolute atomic E-state index is 0.119. The molecule has 1 fully saturated rings. The molecular formula is C19H32N4O2S. The second-order valence-electron chi connectivity index (χ2n) is 7.69. The molecule has 26 heavy (non-hydrogen) atoms. The smallest absolute Gasteiger partial charge is 0.238 e. The van der Waals surface area contributed by atoms with Crippen LogP contribution in [0.1, 0.15) is 52.0 Å². The number of nitrogens with zero attached hydrogens (tertiary/aromatic N) is 1. The quantitative estimate of drug-likeness (QED) is 0.477. The lowest BCUT2D eigenvalue weighted by atomic mass is 9.64. The number of guanidine groups is 1. The van der Waals surface area contributed by atoms with Crippen molar-refractivity contribution in [2.45, 2.75) is 57.9 Å². The highest BCUT2D eigenvalue weighted by Crippen LogP contribution is 2.45. The van der Waals surface area contributed by atoms with Crippen molar-refractivity contribution < 1.29 is 8.42 Å². The molecule has 0 atom stereocenters. The molecule has 4 N–H and O–H groups in total. The molecule has 146 valence electrons. The summed E-state index contributed by atoms with van der Waals surface area (Å²) in [7, 11) is -3.69. The van der Waals surface area contributed by atoms with E-state index in [-0.39, 0.29) is 4.90 Å². The molecule has 0 bridgehead atoms. The predicted molar refractivity (Wildman–Crippen MR) is 106 cm³/mol. The number of nitrogens with two attached hydrogens (primary N) is 1. The van der Waals surface area contributed by atoms with Crippen LogP contribution < -0.4 is 15.8 Å². The Bertz CT molecular complexity index is 725. The zero-order valence-electron chi connectivity index (χ0n) is 16.1. The number of sulfonamides is 1. The number of aliphatic imine (C=N–C) groups is 1. The van der Waals surface area contributed by atoms with Crippen LogP contribution in [-0.4, -0.2) is 27.5 Å². The summed E-state index contributed by atoms with van der Waals surface area (Å²) >= 11 is 0. The number of hydrogen-bond acceptors (Lipinski definition) is 3. The first-order chi connectivity index (χ1) is 12.2. The molecule has 7 heteroatoms. The minimum atomic E-state index is -3.69. The van der Waals surface area contributed by atoms with Gasteiger partial charge < -0.3 is 10.6 Å². The van der Waals surface area contributed by atoms with Crippen LogP contribution in [0.25, 0.3) is 0 Å². The van der Waals surface area contributed by atoms with Crippen molar-refractivity contribution in [2.75, 3.05) is 13.1 Å². The van der Waals surface area contributed by atoms with Crippen molar-refractivity contribution in [3.8, 4) is 0 Å². The molecule has 6 nitrogen and oxygen atoms in total. The Hall–Kier alpha value is -1.60. The first-order valence-electron chi connectivity index (χ1n) is 9.38. The molecule has 1 saturated carbocycles. The molecule has 1 aliphatic carbocycles. The first-order valence-corrected chi connectivity index (χ1v) is 10.9. The highest BCUT2D eigenvalue weighted by Gasteiger charge is 2.37. The van der Waals surface area contributed by atoms with Crippen LogP contribution in [0.15, 0.2) is 34.2 Å². The van der Waals surface area contributed by atoms with Gasteiger partial charge >= 0.3 is 0 Å². The van der Waals surface area contributed by atoms with Gasteiger partial charge in [-0.15, -0.1) is 0 Å². The van der Waals surface area contributed by atoms with E-state index in [0.29, 0.717) is 17.9 Å². The van der Waals surface area contributed by atoms with Gasteiger partial charge in [-0.05, 0) is 55.2 Å². The first kappa shape index (κ1) is 20.7. The third-order valence-electron chi connectivity index (χ3n) is 4.88. The number of rotatable bonds is 8. The fraction of sp³-hybridized carbons (Fsp3) is 0.632. The summed E-state index contributed by atoms with van der Waals surface area (Å²) in [5, 5.41) is 11.9. The second kappa shape index (κ2) is 8.86. The highest BCUT2D eigenvalue weighted by molar-refractivity contribution is 7.89. The third-order valence-corrected chi connectivity index (χ3v) is 5.79. The van der Waals surface area contributed by atoms with Gasteiger partial charge in [-0.3, -0.25) is 0 Å². The number of benzene rings is 1. The molecule has 0 aromatic heterocycles. The lowest BCUT2D eigenvalue weighted by molar-refractivity contribution is 0.104. The van der Waals surface area contributed by atoms with E-state index in [2.05, 4.69) is 29.5 Å². The maximum absolute atomic E-state index is 11.5. The predicted octanol–water partition coefficient (Wildman–Crippen LogP) is 2.61. The summed E-state index contributed by atoms with van der Waals surface area (Å²) in [6, 6.07) is 6.62. The molecule has 0 heterocycles. The van der Waals surface area contributed by atoms with E-state index in [0.717, 1.165) is 24.6 Å². The Morgan fingerprint density at radius 2 is 2.04 bits per heavy atom. The van der Waals surface area contributed by atoms with Crippen molar-refractivity contribution in [1.82, 2.24) is 10.6 Å². The Balaban J connectivity index is 2.02. The van der Waals surface area contributed by atoms with Gasteiger partial charge in [0, 0.05) is 13.1 Å². The molecule has 1 aromatic carbocycles. The van der Waals surface area contributed by atoms with Gasteiger partial charge in [0.15, 0.2) is 5.96 Å². The van der Waals surface area contributed by atoms with Crippen molar-refractivity contribution in [1.29, 1.82) is 0 Å². The third kappa shape index (κ3) is 5.99. The molecule has 0 aliphatic heterocycles. The van der Waals surface area contributed by atoms with Gasteiger partial charge in [0.2, 0.25) is 10.0 Å². The molecule has 1 aromatic rings. The number of primary sulfonamides is 1. The lowest BCUT2D eigenvalue weighted by Crippen LogP contribution is -2.47. The maximum Gasteiger partial charge on any atom is 0.238 e. The van der Waals surface area contributed by atoms with Crippen LogP contribution in [0.5, 0.6) is 0 Å². The summed E-state index contributed by atoms with van der Waals surface area (Å²) in [5.74, 6) is 1.46. The second-order valence-corrected chi connectivity index (χ2v) is 9.25. The fourth-order valence-electron chi connectivity index (χ4n) is 3.60. The summed E-state index contributed by atoms with van der Waals surface area (Å²) in [4.78, 5) is 4.73. The van der Waals surface area contributed by atoms with Crippen molar-refractivity contribution >= 4 is 16.0 Å². The topological polar surface area (TPSA) is 96.6 Å². The van der Waals surface area contributed by atoms with E-state index in [1.807, 2.05) is 13.0 Å². The summed E-state index contributed by atoms with van der Waals surface area (Å²) < 4.78 is 23.0. The van der Waals surface area contributed by atoms with Gasteiger partial charge in [0.05, 0.1) is 11.4 Å². The Labute approximate surface area is 157 Å². The van der Waals surface area contributed by atoms with Gasteiger partial charge in [0.1, 0.15) is 0 Å². The van der Waals surface area contributed by atoms with Crippen LogP contribution in [0, 0.1) is 11.3 Å². The SMILES string of the molecule is CCNC(=NCc1cccc(S(N)(=O)=O)c1)NCC1(CC(C)C)CCC1. The zero-order valence-corrected chi connectivity index (χ0v) is 16.9. The molecule has 0 radical (unpaired) electrons. The van der Waals surface area contributed by atoms with E-state index < -0.39 is 10.0 Å². The summed E-state index contributed by atoms with van der Waals surface area (Å²) in [6.45, 7) is 8.69. The Morgan fingerprint density at radius 1 is 1.31 bits per heavy atom. The largest absolute Gasteiger partial charge is 0.357 e. The van der Waals surface area contributed by atoms with Crippen molar-refractivity contribution in [3.05, 3.63) is 29.8 Å².